The quantitative estimate of drug-likeness (QED) is 0.500. The molecule has 0 aromatic heterocycles. The van der Waals surface area contributed by atoms with Gasteiger partial charge in [0.25, 0.3) is 0 Å². The van der Waals surface area contributed by atoms with E-state index in [4.69, 9.17) is 0 Å². The molecular weight excluding hydrogens is 136 g/mol. The van der Waals surface area contributed by atoms with Crippen LogP contribution in [0.1, 0.15) is 12.8 Å². The van der Waals surface area contributed by atoms with E-state index < -0.39 is 10.8 Å². The third kappa shape index (κ3) is 1.90. The maximum atomic E-state index is 10.8. The van der Waals surface area contributed by atoms with Crippen LogP contribution < -0.4 is 0 Å². The molecule has 2 nitrogen and oxygen atoms in total. The van der Waals surface area contributed by atoms with E-state index in [1.165, 1.54) is 0 Å². The predicted octanol–water partition coefficient (Wildman–Crippen LogP) is 0.344. The Labute approximate surface area is 57.1 Å². The molecule has 2 unspecified atom stereocenters. The van der Waals surface area contributed by atoms with Gasteiger partial charge in [-0.05, 0) is 12.8 Å². The summed E-state index contributed by atoms with van der Waals surface area (Å²) in [5.74, 6) is 1.48. The minimum absolute atomic E-state index is 0.0829. The van der Waals surface area contributed by atoms with Gasteiger partial charge in [-0.1, -0.05) is 0 Å². The van der Waals surface area contributed by atoms with E-state index in [0.29, 0.717) is 5.75 Å². The molecule has 0 spiro atoms. The molecule has 52 valence electrons. The summed E-state index contributed by atoms with van der Waals surface area (Å²) in [6.45, 7) is 0. The summed E-state index contributed by atoms with van der Waals surface area (Å²) in [7, 11) is -0.701. The van der Waals surface area contributed by atoms with Gasteiger partial charge < -0.3 is 4.79 Å². The normalized spacial score (nSPS) is 36.0. The Hall–Kier alpha value is -0.180. The van der Waals surface area contributed by atoms with Gasteiger partial charge >= 0.3 is 0 Å². The van der Waals surface area contributed by atoms with E-state index in [1.54, 1.807) is 0 Å². The standard InChI is InChI=1S/C6H10O2S/c7-4-6-2-1-3-9(8)5-6/h4,6H,1-3,5H2. The third-order valence-corrected chi connectivity index (χ3v) is 3.08. The van der Waals surface area contributed by atoms with Crippen molar-refractivity contribution >= 4 is 17.1 Å². The van der Waals surface area contributed by atoms with Crippen LogP contribution in [0.3, 0.4) is 0 Å². The SMILES string of the molecule is O=CC1CCCS(=O)C1. The van der Waals surface area contributed by atoms with Crippen LogP contribution >= 0.6 is 0 Å². The molecule has 3 heteroatoms. The molecule has 1 saturated heterocycles. The minimum Gasteiger partial charge on any atom is -0.303 e. The first-order valence-electron chi connectivity index (χ1n) is 3.13. The molecule has 0 N–H and O–H groups in total. The average Bonchev–Trinajstić information content (AvgIpc) is 1.88. The van der Waals surface area contributed by atoms with Crippen LogP contribution in [0.5, 0.6) is 0 Å². The summed E-state index contributed by atoms with van der Waals surface area (Å²) >= 11 is 0. The molecule has 0 aromatic rings. The monoisotopic (exact) mass is 146 g/mol. The van der Waals surface area contributed by atoms with Crippen molar-refractivity contribution < 1.29 is 9.00 Å². The topological polar surface area (TPSA) is 34.1 Å². The maximum Gasteiger partial charge on any atom is 0.123 e. The highest BCUT2D eigenvalue weighted by Gasteiger charge is 2.16. The summed E-state index contributed by atoms with van der Waals surface area (Å²) < 4.78 is 10.8. The maximum absolute atomic E-state index is 10.8. The van der Waals surface area contributed by atoms with Crippen LogP contribution in [-0.4, -0.2) is 22.0 Å². The average molecular weight is 146 g/mol. The van der Waals surface area contributed by atoms with Crippen molar-refractivity contribution in [2.24, 2.45) is 5.92 Å². The lowest BCUT2D eigenvalue weighted by Crippen LogP contribution is -2.20. The van der Waals surface area contributed by atoms with Crippen LogP contribution in [0.4, 0.5) is 0 Å². The highest BCUT2D eigenvalue weighted by Crippen LogP contribution is 2.12. The second-order valence-corrected chi connectivity index (χ2v) is 3.97. The molecule has 0 radical (unpaired) electrons. The number of hydrogen-bond donors (Lipinski definition) is 0. The largest absolute Gasteiger partial charge is 0.303 e. The van der Waals surface area contributed by atoms with Gasteiger partial charge in [-0.15, -0.1) is 0 Å². The highest BCUT2D eigenvalue weighted by molar-refractivity contribution is 7.85. The summed E-state index contributed by atoms with van der Waals surface area (Å²) in [5.41, 5.74) is 0. The van der Waals surface area contributed by atoms with Crippen molar-refractivity contribution in [3.8, 4) is 0 Å². The molecule has 1 rings (SSSR count). The Morgan fingerprint density at radius 1 is 1.56 bits per heavy atom. The van der Waals surface area contributed by atoms with Gasteiger partial charge in [0.05, 0.1) is 0 Å². The summed E-state index contributed by atoms with van der Waals surface area (Å²) in [5, 5.41) is 0. The Balaban J connectivity index is 2.40. The van der Waals surface area contributed by atoms with Gasteiger partial charge in [0.1, 0.15) is 6.29 Å². The number of aldehydes is 1. The molecule has 0 bridgehead atoms. The number of rotatable bonds is 1. The number of carbonyl (C=O) groups is 1. The first-order chi connectivity index (χ1) is 4.33. The van der Waals surface area contributed by atoms with Gasteiger partial charge in [0.15, 0.2) is 0 Å². The fourth-order valence-electron chi connectivity index (χ4n) is 1.02. The summed E-state index contributed by atoms with van der Waals surface area (Å²) in [6, 6.07) is 0. The Kier molecular flexibility index (Phi) is 2.39. The first-order valence-corrected chi connectivity index (χ1v) is 4.62. The van der Waals surface area contributed by atoms with Gasteiger partial charge in [-0.25, -0.2) is 0 Å². The smallest absolute Gasteiger partial charge is 0.123 e. The van der Waals surface area contributed by atoms with Crippen molar-refractivity contribution in [3.05, 3.63) is 0 Å². The predicted molar refractivity (Wildman–Crippen MR) is 36.7 cm³/mol. The van der Waals surface area contributed by atoms with E-state index >= 15 is 0 Å². The van der Waals surface area contributed by atoms with Crippen molar-refractivity contribution in [3.63, 3.8) is 0 Å². The third-order valence-electron chi connectivity index (χ3n) is 1.54. The Bertz CT molecular complexity index is 133. The summed E-state index contributed by atoms with van der Waals surface area (Å²) in [4.78, 5) is 10.2. The molecule has 0 amide bonds. The number of carbonyl (C=O) groups excluding carboxylic acids is 1. The zero-order chi connectivity index (χ0) is 6.69. The van der Waals surface area contributed by atoms with Gasteiger partial charge in [0.2, 0.25) is 0 Å². The fraction of sp³-hybridized carbons (Fsp3) is 0.833. The van der Waals surface area contributed by atoms with E-state index in [2.05, 4.69) is 0 Å². The van der Waals surface area contributed by atoms with Gasteiger partial charge in [-0.2, -0.15) is 0 Å². The van der Waals surface area contributed by atoms with Crippen molar-refractivity contribution in [2.75, 3.05) is 11.5 Å². The lowest BCUT2D eigenvalue weighted by atomic mass is 10.1. The molecule has 0 aliphatic carbocycles. The molecule has 2 atom stereocenters. The zero-order valence-corrected chi connectivity index (χ0v) is 6.02. The van der Waals surface area contributed by atoms with Crippen LogP contribution in [0, 0.1) is 5.92 Å². The second kappa shape index (κ2) is 3.11. The molecule has 1 heterocycles. The molecule has 1 aliphatic heterocycles. The minimum atomic E-state index is -0.701. The highest BCUT2D eigenvalue weighted by atomic mass is 32.2. The molecule has 0 saturated carbocycles. The molecule has 1 fully saturated rings. The Morgan fingerprint density at radius 2 is 2.33 bits per heavy atom. The molecule has 0 aromatic carbocycles. The van der Waals surface area contributed by atoms with Crippen LogP contribution in [-0.2, 0) is 15.6 Å². The van der Waals surface area contributed by atoms with E-state index in [0.717, 1.165) is 24.9 Å². The second-order valence-electron chi connectivity index (χ2n) is 2.35. The zero-order valence-electron chi connectivity index (χ0n) is 5.21. The summed E-state index contributed by atoms with van der Waals surface area (Å²) in [6.07, 6.45) is 2.82. The van der Waals surface area contributed by atoms with Crippen molar-refractivity contribution in [1.82, 2.24) is 0 Å². The van der Waals surface area contributed by atoms with Crippen LogP contribution in [0.2, 0.25) is 0 Å². The van der Waals surface area contributed by atoms with Crippen LogP contribution in [0.25, 0.3) is 0 Å². The first kappa shape index (κ1) is 6.93. The fourth-order valence-corrected chi connectivity index (χ4v) is 2.40. The molecule has 1 aliphatic rings. The lowest BCUT2D eigenvalue weighted by Gasteiger charge is -2.14. The van der Waals surface area contributed by atoms with Crippen LogP contribution in [0.15, 0.2) is 0 Å². The van der Waals surface area contributed by atoms with E-state index in [-0.39, 0.29) is 5.92 Å². The van der Waals surface area contributed by atoms with Gasteiger partial charge in [-0.3, -0.25) is 4.21 Å². The number of hydrogen-bond acceptors (Lipinski definition) is 2. The van der Waals surface area contributed by atoms with Crippen molar-refractivity contribution in [1.29, 1.82) is 0 Å². The molecule has 9 heavy (non-hydrogen) atoms. The van der Waals surface area contributed by atoms with Crippen molar-refractivity contribution in [2.45, 2.75) is 12.8 Å². The lowest BCUT2D eigenvalue weighted by molar-refractivity contribution is -0.110. The van der Waals surface area contributed by atoms with E-state index in [9.17, 15) is 9.00 Å². The molecular formula is C6H10O2S. The Morgan fingerprint density at radius 3 is 2.78 bits per heavy atom. The van der Waals surface area contributed by atoms with E-state index in [1.807, 2.05) is 0 Å². The van der Waals surface area contributed by atoms with Gasteiger partial charge in [0, 0.05) is 28.2 Å².